The van der Waals surface area contributed by atoms with E-state index in [1.165, 1.54) is 24.0 Å². The minimum atomic E-state index is -0.0928. The Morgan fingerprint density at radius 1 is 1.30 bits per heavy atom. The second kappa shape index (κ2) is 6.98. The molecule has 0 fully saturated rings. The molecule has 0 saturated carbocycles. The fourth-order valence-corrected chi connectivity index (χ4v) is 2.94. The maximum Gasteiger partial charge on any atom is 0.127 e. The molecule has 1 aromatic carbocycles. The van der Waals surface area contributed by atoms with E-state index in [1.54, 1.807) is 0 Å². The van der Waals surface area contributed by atoms with Gasteiger partial charge in [-0.15, -0.1) is 0 Å². The Bertz CT molecular complexity index is 562. The molecule has 0 aromatic heterocycles. The molecule has 0 saturated heterocycles. The first-order valence-corrected chi connectivity index (χ1v) is 8.75. The van der Waals surface area contributed by atoms with E-state index in [2.05, 4.69) is 53.7 Å². The van der Waals surface area contributed by atoms with Gasteiger partial charge in [0.25, 0.3) is 0 Å². The molecule has 23 heavy (non-hydrogen) atoms. The zero-order valence-electron chi connectivity index (χ0n) is 15.7. The highest BCUT2D eigenvalue weighted by molar-refractivity contribution is 5.44. The minimum Gasteiger partial charge on any atom is -0.489 e. The standard InChI is InChI=1S/C21H32O2/c1-16(8-7-12-20(2,3)4)11-13-22-18-10-9-17-15-21(5,6)23-19(17)14-18/h9-11,14H,7-8,12-13,15H2,1-6H3. The molecular formula is C21H32O2. The Morgan fingerprint density at radius 2 is 2.04 bits per heavy atom. The van der Waals surface area contributed by atoms with Gasteiger partial charge in [0.15, 0.2) is 0 Å². The van der Waals surface area contributed by atoms with Gasteiger partial charge in [-0.05, 0) is 63.2 Å². The van der Waals surface area contributed by atoms with Gasteiger partial charge in [-0.3, -0.25) is 0 Å². The fraction of sp³-hybridized carbons (Fsp3) is 0.619. The number of hydrogen-bond acceptors (Lipinski definition) is 2. The van der Waals surface area contributed by atoms with Crippen molar-refractivity contribution in [3.05, 3.63) is 35.4 Å². The number of rotatable bonds is 6. The van der Waals surface area contributed by atoms with Crippen LogP contribution in [-0.4, -0.2) is 12.2 Å². The summed E-state index contributed by atoms with van der Waals surface area (Å²) in [7, 11) is 0. The van der Waals surface area contributed by atoms with Crippen LogP contribution in [0.4, 0.5) is 0 Å². The van der Waals surface area contributed by atoms with Gasteiger partial charge in [0, 0.05) is 12.5 Å². The summed E-state index contributed by atoms with van der Waals surface area (Å²) < 4.78 is 11.8. The molecule has 0 bridgehead atoms. The van der Waals surface area contributed by atoms with Crippen molar-refractivity contribution in [3.8, 4) is 11.5 Å². The Morgan fingerprint density at radius 3 is 2.74 bits per heavy atom. The average molecular weight is 316 g/mol. The molecule has 1 aliphatic rings. The molecule has 2 heteroatoms. The second-order valence-corrected chi connectivity index (χ2v) is 8.58. The first-order chi connectivity index (χ1) is 10.6. The third-order valence-corrected chi connectivity index (χ3v) is 4.22. The average Bonchev–Trinajstić information content (AvgIpc) is 2.70. The van der Waals surface area contributed by atoms with Crippen LogP contribution >= 0.6 is 0 Å². The highest BCUT2D eigenvalue weighted by atomic mass is 16.5. The third-order valence-electron chi connectivity index (χ3n) is 4.22. The maximum absolute atomic E-state index is 5.95. The Labute approximate surface area is 141 Å². The molecule has 0 unspecified atom stereocenters. The zero-order valence-corrected chi connectivity index (χ0v) is 15.7. The summed E-state index contributed by atoms with van der Waals surface area (Å²) in [6.45, 7) is 14.0. The normalized spacial score (nSPS) is 16.9. The molecule has 0 N–H and O–H groups in total. The molecule has 0 amide bonds. The van der Waals surface area contributed by atoms with E-state index in [1.807, 2.05) is 12.1 Å². The van der Waals surface area contributed by atoms with Gasteiger partial charge in [0.2, 0.25) is 0 Å². The van der Waals surface area contributed by atoms with Crippen molar-refractivity contribution in [1.29, 1.82) is 0 Å². The lowest BCUT2D eigenvalue weighted by molar-refractivity contribution is 0.138. The van der Waals surface area contributed by atoms with Gasteiger partial charge >= 0.3 is 0 Å². The molecular weight excluding hydrogens is 284 g/mol. The number of hydrogen-bond donors (Lipinski definition) is 0. The summed E-state index contributed by atoms with van der Waals surface area (Å²) in [6, 6.07) is 6.19. The Balaban J connectivity index is 1.79. The number of ether oxygens (including phenoxy) is 2. The van der Waals surface area contributed by atoms with Crippen LogP contribution in [0.1, 0.15) is 66.4 Å². The van der Waals surface area contributed by atoms with E-state index in [9.17, 15) is 0 Å². The molecule has 2 nitrogen and oxygen atoms in total. The van der Waals surface area contributed by atoms with E-state index < -0.39 is 0 Å². The lowest BCUT2D eigenvalue weighted by Gasteiger charge is -2.17. The van der Waals surface area contributed by atoms with Gasteiger partial charge in [0.1, 0.15) is 23.7 Å². The van der Waals surface area contributed by atoms with E-state index >= 15 is 0 Å². The predicted octanol–water partition coefficient (Wildman–Crippen LogP) is 5.94. The Hall–Kier alpha value is -1.44. The van der Waals surface area contributed by atoms with E-state index in [0.29, 0.717) is 12.0 Å². The topological polar surface area (TPSA) is 18.5 Å². The first-order valence-electron chi connectivity index (χ1n) is 8.75. The van der Waals surface area contributed by atoms with Crippen molar-refractivity contribution in [2.24, 2.45) is 5.41 Å². The quantitative estimate of drug-likeness (QED) is 0.604. The van der Waals surface area contributed by atoms with E-state index in [0.717, 1.165) is 24.3 Å². The van der Waals surface area contributed by atoms with Gasteiger partial charge in [-0.25, -0.2) is 0 Å². The van der Waals surface area contributed by atoms with Gasteiger partial charge in [-0.1, -0.05) is 32.4 Å². The predicted molar refractivity (Wildman–Crippen MR) is 97.4 cm³/mol. The summed E-state index contributed by atoms with van der Waals surface area (Å²) in [5.41, 5.74) is 3.02. The van der Waals surface area contributed by atoms with Crippen LogP contribution in [0.15, 0.2) is 29.8 Å². The van der Waals surface area contributed by atoms with Crippen molar-refractivity contribution in [2.45, 2.75) is 72.8 Å². The molecule has 128 valence electrons. The van der Waals surface area contributed by atoms with Crippen molar-refractivity contribution < 1.29 is 9.47 Å². The van der Waals surface area contributed by atoms with E-state index in [-0.39, 0.29) is 5.60 Å². The molecule has 0 atom stereocenters. The van der Waals surface area contributed by atoms with Crippen LogP contribution in [0.3, 0.4) is 0 Å². The monoisotopic (exact) mass is 316 g/mol. The molecule has 1 heterocycles. The van der Waals surface area contributed by atoms with Crippen molar-refractivity contribution in [3.63, 3.8) is 0 Å². The van der Waals surface area contributed by atoms with Crippen LogP contribution < -0.4 is 9.47 Å². The summed E-state index contributed by atoms with van der Waals surface area (Å²) >= 11 is 0. The van der Waals surface area contributed by atoms with Crippen LogP contribution in [0.25, 0.3) is 0 Å². The molecule has 0 spiro atoms. The lowest BCUT2D eigenvalue weighted by atomic mass is 9.89. The van der Waals surface area contributed by atoms with Gasteiger partial charge < -0.3 is 9.47 Å². The Kier molecular flexibility index (Phi) is 5.44. The summed E-state index contributed by atoms with van der Waals surface area (Å²) in [5, 5.41) is 0. The number of benzene rings is 1. The SMILES string of the molecule is CC(=CCOc1ccc2c(c1)OC(C)(C)C2)CCCC(C)(C)C. The van der Waals surface area contributed by atoms with Crippen LogP contribution in [0.5, 0.6) is 11.5 Å². The number of fused-ring (bicyclic) bond motifs is 1. The smallest absolute Gasteiger partial charge is 0.127 e. The zero-order chi connectivity index (χ0) is 17.1. The fourth-order valence-electron chi connectivity index (χ4n) is 2.94. The number of allylic oxidation sites excluding steroid dienone is 1. The molecule has 0 aliphatic carbocycles. The van der Waals surface area contributed by atoms with Gasteiger partial charge in [-0.2, -0.15) is 0 Å². The van der Waals surface area contributed by atoms with Crippen LogP contribution in [0, 0.1) is 5.41 Å². The summed E-state index contributed by atoms with van der Waals surface area (Å²) in [5.74, 6) is 1.86. The van der Waals surface area contributed by atoms with Crippen LogP contribution in [0.2, 0.25) is 0 Å². The molecule has 1 aromatic rings. The van der Waals surface area contributed by atoms with Crippen molar-refractivity contribution in [2.75, 3.05) is 6.61 Å². The van der Waals surface area contributed by atoms with E-state index in [4.69, 9.17) is 9.47 Å². The largest absolute Gasteiger partial charge is 0.489 e. The highest BCUT2D eigenvalue weighted by Crippen LogP contribution is 2.37. The lowest BCUT2D eigenvalue weighted by Crippen LogP contribution is -2.24. The first kappa shape index (κ1) is 17.9. The van der Waals surface area contributed by atoms with Crippen LogP contribution in [-0.2, 0) is 6.42 Å². The molecule has 2 rings (SSSR count). The summed E-state index contributed by atoms with van der Waals surface area (Å²) in [6.07, 6.45) is 6.82. The maximum atomic E-state index is 5.95. The minimum absolute atomic E-state index is 0.0928. The second-order valence-electron chi connectivity index (χ2n) is 8.58. The van der Waals surface area contributed by atoms with Crippen molar-refractivity contribution >= 4 is 0 Å². The highest BCUT2D eigenvalue weighted by Gasteiger charge is 2.29. The third kappa shape index (κ3) is 5.93. The summed E-state index contributed by atoms with van der Waals surface area (Å²) in [4.78, 5) is 0. The van der Waals surface area contributed by atoms with Crippen molar-refractivity contribution in [1.82, 2.24) is 0 Å². The van der Waals surface area contributed by atoms with Gasteiger partial charge in [0.05, 0.1) is 0 Å². The molecule has 1 aliphatic heterocycles. The molecule has 0 radical (unpaired) electrons.